The minimum atomic E-state index is -1.22. The van der Waals surface area contributed by atoms with Crippen LogP contribution in [0.2, 0.25) is 0 Å². The number of aliphatic carboxylic acids is 1. The van der Waals surface area contributed by atoms with Crippen LogP contribution in [0.1, 0.15) is 28.3 Å². The highest BCUT2D eigenvalue weighted by Crippen LogP contribution is 2.10. The fourth-order valence-electron chi connectivity index (χ4n) is 1.51. The van der Waals surface area contributed by atoms with Crippen LogP contribution in [0.3, 0.4) is 0 Å². The molecule has 1 aromatic heterocycles. The van der Waals surface area contributed by atoms with Crippen molar-refractivity contribution in [2.24, 2.45) is 5.73 Å². The summed E-state index contributed by atoms with van der Waals surface area (Å²) >= 11 is 1.29. The van der Waals surface area contributed by atoms with Crippen molar-refractivity contribution in [2.45, 2.75) is 25.3 Å². The maximum atomic E-state index is 11.9. The van der Waals surface area contributed by atoms with Crippen LogP contribution in [-0.4, -0.2) is 47.6 Å². The quantitative estimate of drug-likeness (QED) is 0.565. The minimum absolute atomic E-state index is 0.0481. The second-order valence-electron chi connectivity index (χ2n) is 4.14. The summed E-state index contributed by atoms with van der Waals surface area (Å²) in [6.07, 6.45) is 0.416. The molecule has 0 bridgehead atoms. The molecule has 0 aliphatic heterocycles. The lowest BCUT2D eigenvalue weighted by atomic mass is 10.1. The lowest BCUT2D eigenvalue weighted by Gasteiger charge is -2.12. The predicted molar refractivity (Wildman–Crippen MR) is 75.0 cm³/mol. The molecule has 8 nitrogen and oxygen atoms in total. The lowest BCUT2D eigenvalue weighted by Crippen LogP contribution is -2.41. The largest absolute Gasteiger partial charge is 0.480 e. The first-order valence-corrected chi connectivity index (χ1v) is 7.10. The molecule has 1 rings (SSSR count). The highest BCUT2D eigenvalue weighted by atomic mass is 32.1. The molecule has 4 N–H and O–H groups in total. The zero-order chi connectivity index (χ0) is 15.8. The molecule has 21 heavy (non-hydrogen) atoms. The summed E-state index contributed by atoms with van der Waals surface area (Å²) in [4.78, 5) is 38.1. The van der Waals surface area contributed by atoms with Gasteiger partial charge in [-0.25, -0.2) is 9.78 Å². The topological polar surface area (TPSA) is 132 Å². The first kappa shape index (κ1) is 17.1. The lowest BCUT2D eigenvalue weighted by molar-refractivity contribution is -0.142. The summed E-state index contributed by atoms with van der Waals surface area (Å²) in [6.45, 7) is 0.422. The van der Waals surface area contributed by atoms with Gasteiger partial charge in [0, 0.05) is 18.2 Å². The minimum Gasteiger partial charge on any atom is -0.480 e. The van der Waals surface area contributed by atoms with Crippen molar-refractivity contribution < 1.29 is 24.2 Å². The molecular formula is C12H17N3O5S. The fourth-order valence-corrected chi connectivity index (χ4v) is 2.30. The van der Waals surface area contributed by atoms with E-state index in [9.17, 15) is 14.4 Å². The van der Waals surface area contributed by atoms with Crippen molar-refractivity contribution in [1.82, 2.24) is 10.3 Å². The Bertz CT molecular complexity index is 517. The number of nitrogens with zero attached hydrogens (tertiary/aromatic N) is 1. The molecule has 1 heterocycles. The highest BCUT2D eigenvalue weighted by Gasteiger charge is 2.23. The van der Waals surface area contributed by atoms with E-state index < -0.39 is 23.9 Å². The average Bonchev–Trinajstić information content (AvgIpc) is 2.91. The Morgan fingerprint density at radius 2 is 2.24 bits per heavy atom. The molecule has 1 atom stereocenters. The number of thiazole rings is 1. The molecule has 9 heteroatoms. The van der Waals surface area contributed by atoms with E-state index in [1.165, 1.54) is 18.4 Å². The van der Waals surface area contributed by atoms with Crippen molar-refractivity contribution in [3.05, 3.63) is 16.1 Å². The van der Waals surface area contributed by atoms with Crippen molar-refractivity contribution in [3.8, 4) is 0 Å². The van der Waals surface area contributed by atoms with E-state index in [0.717, 1.165) is 0 Å². The van der Waals surface area contributed by atoms with E-state index in [2.05, 4.69) is 15.0 Å². The molecule has 0 aromatic carbocycles. The number of carbonyl (C=O) groups is 3. The van der Waals surface area contributed by atoms with Gasteiger partial charge in [0.15, 0.2) is 0 Å². The van der Waals surface area contributed by atoms with Gasteiger partial charge in [0.05, 0.1) is 12.1 Å². The molecule has 0 radical (unpaired) electrons. The third-order valence-electron chi connectivity index (χ3n) is 2.61. The van der Waals surface area contributed by atoms with Crippen molar-refractivity contribution in [1.29, 1.82) is 0 Å². The standard InChI is InChI=1S/C12H17N3O5S/c1-20-10(16)3-2-7(12(18)19)15-11(17)8-6-21-9(14-8)4-5-13/h6-7H,2-5,13H2,1H3,(H,15,17)(H,18,19). The summed E-state index contributed by atoms with van der Waals surface area (Å²) in [5.74, 6) is -2.34. The van der Waals surface area contributed by atoms with Gasteiger partial charge in [0.1, 0.15) is 11.7 Å². The Morgan fingerprint density at radius 3 is 2.81 bits per heavy atom. The number of rotatable bonds is 8. The van der Waals surface area contributed by atoms with Gasteiger partial charge < -0.3 is 20.9 Å². The van der Waals surface area contributed by atoms with Gasteiger partial charge in [-0.15, -0.1) is 11.3 Å². The van der Waals surface area contributed by atoms with Gasteiger partial charge in [-0.1, -0.05) is 0 Å². The van der Waals surface area contributed by atoms with E-state index in [1.54, 1.807) is 5.38 Å². The van der Waals surface area contributed by atoms with Crippen molar-refractivity contribution >= 4 is 29.2 Å². The number of hydrogen-bond donors (Lipinski definition) is 3. The van der Waals surface area contributed by atoms with E-state index in [1.807, 2.05) is 0 Å². The molecule has 0 spiro atoms. The molecule has 0 saturated carbocycles. The summed E-state index contributed by atoms with van der Waals surface area (Å²) in [7, 11) is 1.21. The Morgan fingerprint density at radius 1 is 1.52 bits per heavy atom. The average molecular weight is 315 g/mol. The van der Waals surface area contributed by atoms with Crippen molar-refractivity contribution in [2.75, 3.05) is 13.7 Å². The molecular weight excluding hydrogens is 298 g/mol. The van der Waals surface area contributed by atoms with Crippen LogP contribution in [-0.2, 0) is 20.7 Å². The molecule has 0 aliphatic carbocycles. The molecule has 1 amide bonds. The van der Waals surface area contributed by atoms with Gasteiger partial charge >= 0.3 is 11.9 Å². The smallest absolute Gasteiger partial charge is 0.326 e. The maximum Gasteiger partial charge on any atom is 0.326 e. The number of carbonyl (C=O) groups excluding carboxylic acids is 2. The Kier molecular flexibility index (Phi) is 6.76. The number of carboxylic acid groups (broad SMARTS) is 1. The molecule has 0 aliphatic rings. The zero-order valence-electron chi connectivity index (χ0n) is 11.5. The number of esters is 1. The van der Waals surface area contributed by atoms with Crippen LogP contribution in [0.4, 0.5) is 0 Å². The molecule has 1 aromatic rings. The van der Waals surface area contributed by atoms with Crippen molar-refractivity contribution in [3.63, 3.8) is 0 Å². The van der Waals surface area contributed by atoms with Crippen LogP contribution in [0.25, 0.3) is 0 Å². The molecule has 0 fully saturated rings. The second kappa shape index (κ2) is 8.32. The van der Waals surface area contributed by atoms with E-state index in [-0.39, 0.29) is 18.5 Å². The number of nitrogens with one attached hydrogen (secondary N) is 1. The number of hydrogen-bond acceptors (Lipinski definition) is 7. The number of methoxy groups -OCH3 is 1. The third kappa shape index (κ3) is 5.48. The van der Waals surface area contributed by atoms with Crippen LogP contribution in [0.5, 0.6) is 0 Å². The zero-order valence-corrected chi connectivity index (χ0v) is 12.3. The van der Waals surface area contributed by atoms with Gasteiger partial charge in [0.25, 0.3) is 5.91 Å². The summed E-state index contributed by atoms with van der Waals surface area (Å²) in [6, 6.07) is -1.17. The number of amides is 1. The van der Waals surface area contributed by atoms with Crippen LogP contribution in [0, 0.1) is 0 Å². The summed E-state index contributed by atoms with van der Waals surface area (Å²) in [5.41, 5.74) is 5.54. The number of carboxylic acids is 1. The first-order chi connectivity index (χ1) is 9.97. The third-order valence-corrected chi connectivity index (χ3v) is 3.52. The van der Waals surface area contributed by atoms with E-state index in [4.69, 9.17) is 10.8 Å². The first-order valence-electron chi connectivity index (χ1n) is 6.23. The van der Waals surface area contributed by atoms with Gasteiger partial charge in [-0.3, -0.25) is 9.59 Å². The fraction of sp³-hybridized carbons (Fsp3) is 0.500. The highest BCUT2D eigenvalue weighted by molar-refractivity contribution is 7.09. The molecule has 0 saturated heterocycles. The number of ether oxygens (including phenoxy) is 1. The summed E-state index contributed by atoms with van der Waals surface area (Å²) < 4.78 is 4.43. The van der Waals surface area contributed by atoms with Gasteiger partial charge in [-0.05, 0) is 13.0 Å². The number of nitrogens with two attached hydrogens (primary N) is 1. The van der Waals surface area contributed by atoms with E-state index >= 15 is 0 Å². The monoisotopic (exact) mass is 315 g/mol. The maximum absolute atomic E-state index is 11.9. The Balaban J connectivity index is 2.62. The van der Waals surface area contributed by atoms with E-state index in [0.29, 0.717) is 18.0 Å². The summed E-state index contributed by atoms with van der Waals surface area (Å²) in [5, 5.41) is 13.6. The SMILES string of the molecule is COC(=O)CCC(NC(=O)c1csc(CCN)n1)C(=O)O. The van der Waals surface area contributed by atoms with Crippen LogP contribution < -0.4 is 11.1 Å². The molecule has 116 valence electrons. The second-order valence-corrected chi connectivity index (χ2v) is 5.09. The van der Waals surface area contributed by atoms with Crippen LogP contribution >= 0.6 is 11.3 Å². The number of aromatic nitrogens is 1. The molecule has 1 unspecified atom stereocenters. The normalized spacial score (nSPS) is 11.7. The van der Waals surface area contributed by atoms with Gasteiger partial charge in [-0.2, -0.15) is 0 Å². The Labute approximate surface area is 125 Å². The van der Waals surface area contributed by atoms with Gasteiger partial charge in [0.2, 0.25) is 0 Å². The predicted octanol–water partition coefficient (Wildman–Crippen LogP) is -0.219. The van der Waals surface area contributed by atoms with Crippen LogP contribution in [0.15, 0.2) is 5.38 Å². The Hall–Kier alpha value is -2.00.